The van der Waals surface area contributed by atoms with Gasteiger partial charge in [-0.1, -0.05) is 13.8 Å². The number of hydrogen-bond donors (Lipinski definition) is 1. The molecule has 0 aliphatic rings. The Balaban J connectivity index is 3.17. The second-order valence-electron chi connectivity index (χ2n) is 1.90. The molecule has 0 saturated heterocycles. The third kappa shape index (κ3) is 3.33. The number of aliphatic hydroxyl groups is 1. The monoisotopic (exact) mass is 134 g/mol. The maximum Gasteiger partial charge on any atom is 0.0627 e. The largest absolute Gasteiger partial charge is 0.392 e. The van der Waals surface area contributed by atoms with Gasteiger partial charge in [-0.15, -0.1) is 0 Å². The molecular weight excluding hydrogens is 120 g/mol. The Morgan fingerprint density at radius 2 is 2.00 bits per heavy atom. The minimum Gasteiger partial charge on any atom is -0.392 e. The van der Waals surface area contributed by atoms with Crippen LogP contribution in [-0.2, 0) is 0 Å². The zero-order valence-corrected chi connectivity index (χ0v) is 6.53. The predicted molar refractivity (Wildman–Crippen MR) is 39.3 cm³/mol. The summed E-state index contributed by atoms with van der Waals surface area (Å²) >= 11 is 1.79. The van der Waals surface area contributed by atoms with Gasteiger partial charge in [0.2, 0.25) is 0 Å². The summed E-state index contributed by atoms with van der Waals surface area (Å²) < 4.78 is 0. The van der Waals surface area contributed by atoms with Crippen molar-refractivity contribution in [3.05, 3.63) is 0 Å². The van der Waals surface area contributed by atoms with Gasteiger partial charge in [-0.3, -0.25) is 0 Å². The van der Waals surface area contributed by atoms with E-state index in [1.54, 1.807) is 11.8 Å². The van der Waals surface area contributed by atoms with Gasteiger partial charge in [0.1, 0.15) is 0 Å². The molecule has 1 N–H and O–H groups in total. The fourth-order valence-corrected chi connectivity index (χ4v) is 1.21. The highest BCUT2D eigenvalue weighted by Crippen LogP contribution is 2.12. The maximum absolute atomic E-state index is 8.93. The lowest BCUT2D eigenvalue weighted by Gasteiger charge is -2.11. The molecule has 8 heavy (non-hydrogen) atoms. The molecule has 50 valence electrons. The Hall–Kier alpha value is 0.310. The molecule has 0 radical (unpaired) electrons. The highest BCUT2D eigenvalue weighted by molar-refractivity contribution is 7.99. The smallest absolute Gasteiger partial charge is 0.0627 e. The molecule has 0 fully saturated rings. The fourth-order valence-electron chi connectivity index (χ4n) is 0.402. The van der Waals surface area contributed by atoms with Gasteiger partial charge >= 0.3 is 0 Å². The van der Waals surface area contributed by atoms with E-state index in [-0.39, 0.29) is 6.10 Å². The molecule has 0 spiro atoms. The summed E-state index contributed by atoms with van der Waals surface area (Å²) in [6, 6.07) is 0. The Morgan fingerprint density at radius 1 is 1.50 bits per heavy atom. The number of thioether (sulfide) groups is 1. The first-order valence-corrected chi connectivity index (χ1v) is 4.03. The summed E-state index contributed by atoms with van der Waals surface area (Å²) in [5, 5.41) is 9.32. The Bertz CT molecular complexity index is 54.5. The Kier molecular flexibility index (Phi) is 4.38. The molecular formula is C6H14OS. The molecule has 0 bridgehead atoms. The lowest BCUT2D eigenvalue weighted by molar-refractivity contribution is 0.196. The van der Waals surface area contributed by atoms with Crippen molar-refractivity contribution >= 4 is 11.8 Å². The molecule has 0 aliphatic heterocycles. The van der Waals surface area contributed by atoms with Crippen molar-refractivity contribution in [2.24, 2.45) is 0 Å². The van der Waals surface area contributed by atoms with E-state index < -0.39 is 0 Å². The Labute approximate surface area is 55.5 Å². The molecule has 0 saturated carbocycles. The molecule has 0 aromatic carbocycles. The molecule has 0 aromatic rings. The van der Waals surface area contributed by atoms with Gasteiger partial charge in [-0.25, -0.2) is 0 Å². The second-order valence-corrected chi connectivity index (χ2v) is 3.56. The van der Waals surface area contributed by atoms with Crippen LogP contribution in [0.1, 0.15) is 20.8 Å². The lowest BCUT2D eigenvalue weighted by atomic mass is 10.3. The molecule has 0 heterocycles. The average Bonchev–Trinajstić information content (AvgIpc) is 1.67. The maximum atomic E-state index is 8.93. The van der Waals surface area contributed by atoms with E-state index in [0.717, 1.165) is 5.75 Å². The number of rotatable bonds is 3. The van der Waals surface area contributed by atoms with E-state index in [2.05, 4.69) is 6.92 Å². The first-order valence-electron chi connectivity index (χ1n) is 2.98. The lowest BCUT2D eigenvalue weighted by Crippen LogP contribution is -2.15. The molecule has 0 aromatic heterocycles. The molecule has 0 aliphatic carbocycles. The van der Waals surface area contributed by atoms with Crippen LogP contribution in [0.3, 0.4) is 0 Å². The summed E-state index contributed by atoms with van der Waals surface area (Å²) in [5.74, 6) is 1.09. The van der Waals surface area contributed by atoms with Crippen molar-refractivity contribution in [2.75, 3.05) is 5.75 Å². The summed E-state index contributed by atoms with van der Waals surface area (Å²) in [6.45, 7) is 5.97. The topological polar surface area (TPSA) is 20.2 Å². The molecule has 2 atom stereocenters. The van der Waals surface area contributed by atoms with Crippen LogP contribution in [0.2, 0.25) is 0 Å². The minimum absolute atomic E-state index is 0.167. The van der Waals surface area contributed by atoms with Crippen LogP contribution >= 0.6 is 11.8 Å². The van der Waals surface area contributed by atoms with Gasteiger partial charge in [0.25, 0.3) is 0 Å². The van der Waals surface area contributed by atoms with Crippen molar-refractivity contribution in [1.82, 2.24) is 0 Å². The summed E-state index contributed by atoms with van der Waals surface area (Å²) in [4.78, 5) is 0. The molecule has 2 unspecified atom stereocenters. The third-order valence-corrected chi connectivity index (χ3v) is 2.36. The van der Waals surface area contributed by atoms with Crippen molar-refractivity contribution in [1.29, 1.82) is 0 Å². The van der Waals surface area contributed by atoms with E-state index in [9.17, 15) is 0 Å². The third-order valence-electron chi connectivity index (χ3n) is 1.11. The Morgan fingerprint density at radius 3 is 2.12 bits per heavy atom. The van der Waals surface area contributed by atoms with Crippen LogP contribution in [0.15, 0.2) is 0 Å². The molecule has 0 rings (SSSR count). The van der Waals surface area contributed by atoms with Gasteiger partial charge < -0.3 is 5.11 Å². The standard InChI is InChI=1S/C6H14OS/c1-4-8-6(3)5(2)7/h5-7H,4H2,1-3H3. The highest BCUT2D eigenvalue weighted by Gasteiger charge is 2.05. The second kappa shape index (κ2) is 4.21. The zero-order valence-electron chi connectivity index (χ0n) is 5.72. The summed E-state index contributed by atoms with van der Waals surface area (Å²) in [6.07, 6.45) is -0.167. The van der Waals surface area contributed by atoms with E-state index in [4.69, 9.17) is 5.11 Å². The van der Waals surface area contributed by atoms with Gasteiger partial charge in [-0.05, 0) is 12.7 Å². The van der Waals surface area contributed by atoms with Crippen LogP contribution in [0.25, 0.3) is 0 Å². The van der Waals surface area contributed by atoms with E-state index in [1.807, 2.05) is 13.8 Å². The van der Waals surface area contributed by atoms with Gasteiger partial charge in [0.05, 0.1) is 6.10 Å². The van der Waals surface area contributed by atoms with Gasteiger partial charge in [-0.2, -0.15) is 11.8 Å². The van der Waals surface area contributed by atoms with Crippen LogP contribution < -0.4 is 0 Å². The summed E-state index contributed by atoms with van der Waals surface area (Å²) in [5.41, 5.74) is 0. The molecule has 2 heteroatoms. The minimum atomic E-state index is -0.167. The van der Waals surface area contributed by atoms with E-state index in [1.165, 1.54) is 0 Å². The van der Waals surface area contributed by atoms with Crippen LogP contribution in [0, 0.1) is 0 Å². The summed E-state index contributed by atoms with van der Waals surface area (Å²) in [7, 11) is 0. The first kappa shape index (κ1) is 8.31. The first-order chi connectivity index (χ1) is 3.68. The van der Waals surface area contributed by atoms with Crippen LogP contribution in [0.5, 0.6) is 0 Å². The zero-order chi connectivity index (χ0) is 6.57. The number of aliphatic hydroxyl groups excluding tert-OH is 1. The van der Waals surface area contributed by atoms with Crippen molar-refractivity contribution in [3.63, 3.8) is 0 Å². The fraction of sp³-hybridized carbons (Fsp3) is 1.00. The highest BCUT2D eigenvalue weighted by atomic mass is 32.2. The average molecular weight is 134 g/mol. The van der Waals surface area contributed by atoms with Gasteiger partial charge in [0, 0.05) is 5.25 Å². The SMILES string of the molecule is CCSC(C)C(C)O. The van der Waals surface area contributed by atoms with Crippen molar-refractivity contribution in [3.8, 4) is 0 Å². The predicted octanol–water partition coefficient (Wildman–Crippen LogP) is 1.51. The van der Waals surface area contributed by atoms with E-state index >= 15 is 0 Å². The van der Waals surface area contributed by atoms with Gasteiger partial charge in [0.15, 0.2) is 0 Å². The number of hydrogen-bond acceptors (Lipinski definition) is 2. The van der Waals surface area contributed by atoms with Crippen molar-refractivity contribution in [2.45, 2.75) is 32.1 Å². The quantitative estimate of drug-likeness (QED) is 0.631. The molecule has 0 amide bonds. The normalized spacial score (nSPS) is 18.0. The van der Waals surface area contributed by atoms with Crippen molar-refractivity contribution < 1.29 is 5.11 Å². The van der Waals surface area contributed by atoms with Crippen LogP contribution in [-0.4, -0.2) is 22.2 Å². The molecule has 1 nitrogen and oxygen atoms in total. The van der Waals surface area contributed by atoms with Crippen LogP contribution in [0.4, 0.5) is 0 Å². The van der Waals surface area contributed by atoms with E-state index in [0.29, 0.717) is 5.25 Å².